The van der Waals surface area contributed by atoms with Crippen LogP contribution in [0.5, 0.6) is 11.5 Å². The van der Waals surface area contributed by atoms with E-state index in [0.29, 0.717) is 17.2 Å². The highest BCUT2D eigenvalue weighted by molar-refractivity contribution is 9.10. The van der Waals surface area contributed by atoms with Gasteiger partial charge in [0.05, 0.1) is 0 Å². The van der Waals surface area contributed by atoms with E-state index in [1.165, 1.54) is 0 Å². The zero-order chi connectivity index (χ0) is 16.4. The number of hydrazine groups is 1. The van der Waals surface area contributed by atoms with Gasteiger partial charge in [0.25, 0.3) is 11.8 Å². The molecule has 0 aliphatic carbocycles. The lowest BCUT2D eigenvalue weighted by atomic mass is 10.2. The molecule has 1 aromatic heterocycles. The van der Waals surface area contributed by atoms with Crippen molar-refractivity contribution >= 4 is 27.7 Å². The molecule has 1 aliphatic rings. The molecule has 1 aromatic carbocycles. The van der Waals surface area contributed by atoms with Gasteiger partial charge in [-0.2, -0.15) is 0 Å². The van der Waals surface area contributed by atoms with Gasteiger partial charge in [0.1, 0.15) is 12.3 Å². The van der Waals surface area contributed by atoms with Gasteiger partial charge in [0, 0.05) is 17.7 Å². The Kier molecular flexibility index (Phi) is 4.24. The number of rotatable bonds is 2. The third-order valence-electron chi connectivity index (χ3n) is 3.30. The molecule has 0 spiro atoms. The molecule has 2 amide bonds. The number of nitrogens with one attached hydrogen (secondary N) is 2. The average Bonchev–Trinajstić information content (AvgIpc) is 2.90. The summed E-state index contributed by atoms with van der Waals surface area (Å²) in [6, 6.07) is 8.74. The van der Waals surface area contributed by atoms with Gasteiger partial charge in [0.2, 0.25) is 6.10 Å². The number of benzene rings is 1. The fraction of sp³-hybridized carbons (Fsp3) is 0.200. The third-order valence-corrected chi connectivity index (χ3v) is 3.74. The minimum absolute atomic E-state index is 0.0778. The minimum atomic E-state index is -0.828. The first kappa shape index (κ1) is 15.4. The molecule has 2 N–H and O–H groups in total. The lowest BCUT2D eigenvalue weighted by Gasteiger charge is -2.25. The number of aromatic nitrogens is 1. The van der Waals surface area contributed by atoms with Crippen LogP contribution in [0.15, 0.2) is 41.0 Å². The van der Waals surface area contributed by atoms with Gasteiger partial charge < -0.3 is 14.0 Å². The number of fused-ring (bicyclic) bond motifs is 1. The monoisotopic (exact) mass is 379 g/mol. The zero-order valence-corrected chi connectivity index (χ0v) is 13.8. The number of halogens is 1. The minimum Gasteiger partial charge on any atom is -0.485 e. The highest BCUT2D eigenvalue weighted by Gasteiger charge is 2.27. The fourth-order valence-electron chi connectivity index (χ4n) is 2.16. The summed E-state index contributed by atoms with van der Waals surface area (Å²) in [6.45, 7) is 0.0778. The number of ether oxygens (including phenoxy) is 2. The van der Waals surface area contributed by atoms with Crippen LogP contribution in [-0.2, 0) is 11.8 Å². The first-order chi connectivity index (χ1) is 11.0. The molecule has 120 valence electrons. The quantitative estimate of drug-likeness (QED) is 0.772. The number of amides is 2. The van der Waals surface area contributed by atoms with Crippen molar-refractivity contribution in [2.24, 2.45) is 7.05 Å². The van der Waals surface area contributed by atoms with E-state index in [-0.39, 0.29) is 6.61 Å². The highest BCUT2D eigenvalue weighted by Crippen LogP contribution is 2.30. The molecular formula is C15H14BrN3O4. The van der Waals surface area contributed by atoms with Crippen molar-refractivity contribution in [3.8, 4) is 11.5 Å². The molecule has 0 fully saturated rings. The van der Waals surface area contributed by atoms with Gasteiger partial charge in [0.15, 0.2) is 11.5 Å². The summed E-state index contributed by atoms with van der Waals surface area (Å²) in [5.74, 6) is 0.177. The molecule has 0 bridgehead atoms. The molecule has 1 aliphatic heterocycles. The lowest BCUT2D eigenvalue weighted by Crippen LogP contribution is -2.51. The van der Waals surface area contributed by atoms with Crippen molar-refractivity contribution in [2.75, 3.05) is 6.61 Å². The van der Waals surface area contributed by atoms with Crippen molar-refractivity contribution in [3.05, 3.63) is 46.7 Å². The summed E-state index contributed by atoms with van der Waals surface area (Å²) in [4.78, 5) is 24.1. The van der Waals surface area contributed by atoms with E-state index in [2.05, 4.69) is 26.8 Å². The first-order valence-electron chi connectivity index (χ1n) is 6.85. The molecule has 0 saturated carbocycles. The fourth-order valence-corrected chi connectivity index (χ4v) is 2.69. The maximum Gasteiger partial charge on any atom is 0.286 e. The molecule has 1 unspecified atom stereocenters. The maximum absolute atomic E-state index is 12.1. The lowest BCUT2D eigenvalue weighted by molar-refractivity contribution is -0.131. The average molecular weight is 380 g/mol. The Labute approximate surface area is 140 Å². The summed E-state index contributed by atoms with van der Waals surface area (Å²) in [7, 11) is 1.73. The second kappa shape index (κ2) is 6.33. The van der Waals surface area contributed by atoms with E-state index in [1.807, 2.05) is 6.07 Å². The topological polar surface area (TPSA) is 81.6 Å². The molecule has 1 atom stereocenters. The van der Waals surface area contributed by atoms with Gasteiger partial charge in [-0.15, -0.1) is 0 Å². The van der Waals surface area contributed by atoms with E-state index in [0.717, 1.165) is 4.47 Å². The molecule has 2 aromatic rings. The predicted octanol–water partition coefficient (Wildman–Crippen LogP) is 1.39. The van der Waals surface area contributed by atoms with Crippen LogP contribution in [0.4, 0.5) is 0 Å². The van der Waals surface area contributed by atoms with Gasteiger partial charge in [-0.3, -0.25) is 20.4 Å². The van der Waals surface area contributed by atoms with Gasteiger partial charge in [-0.1, -0.05) is 12.1 Å². The molecule has 0 saturated heterocycles. The van der Waals surface area contributed by atoms with E-state index in [4.69, 9.17) is 9.47 Å². The molecular weight excluding hydrogens is 366 g/mol. The Balaban J connectivity index is 1.58. The van der Waals surface area contributed by atoms with Crippen LogP contribution in [0.3, 0.4) is 0 Å². The second-order valence-corrected chi connectivity index (χ2v) is 5.88. The van der Waals surface area contributed by atoms with Crippen LogP contribution in [-0.4, -0.2) is 29.1 Å². The zero-order valence-electron chi connectivity index (χ0n) is 12.2. The summed E-state index contributed by atoms with van der Waals surface area (Å²) >= 11 is 3.28. The third kappa shape index (κ3) is 3.31. The number of carbonyl (C=O) groups is 2. The van der Waals surface area contributed by atoms with Crippen molar-refractivity contribution in [3.63, 3.8) is 0 Å². The Bertz CT molecular complexity index is 759. The summed E-state index contributed by atoms with van der Waals surface area (Å²) in [5, 5.41) is 0. The van der Waals surface area contributed by atoms with Gasteiger partial charge in [-0.05, 0) is 34.1 Å². The number of nitrogens with zero attached hydrogens (tertiary/aromatic N) is 1. The van der Waals surface area contributed by atoms with Crippen molar-refractivity contribution < 1.29 is 19.1 Å². The van der Waals surface area contributed by atoms with Crippen molar-refractivity contribution in [1.29, 1.82) is 0 Å². The Morgan fingerprint density at radius 1 is 1.26 bits per heavy atom. The summed E-state index contributed by atoms with van der Waals surface area (Å²) < 4.78 is 13.4. The van der Waals surface area contributed by atoms with Crippen LogP contribution in [0.2, 0.25) is 0 Å². The molecule has 2 heterocycles. The standard InChI is InChI=1S/C15H14BrN3O4/c1-19-7-9(16)6-10(19)14(20)17-18-15(21)13-8-22-11-4-2-3-5-12(11)23-13/h2-7,13H,8H2,1H3,(H,17,20)(H,18,21). The van der Waals surface area contributed by atoms with Crippen LogP contribution < -0.4 is 20.3 Å². The highest BCUT2D eigenvalue weighted by atomic mass is 79.9. The van der Waals surface area contributed by atoms with Crippen LogP contribution in [0.1, 0.15) is 10.5 Å². The molecule has 7 nitrogen and oxygen atoms in total. The number of para-hydroxylation sites is 2. The van der Waals surface area contributed by atoms with E-state index < -0.39 is 17.9 Å². The second-order valence-electron chi connectivity index (χ2n) is 4.96. The van der Waals surface area contributed by atoms with E-state index in [1.54, 1.807) is 42.1 Å². The Morgan fingerprint density at radius 2 is 2.00 bits per heavy atom. The number of aryl methyl sites for hydroxylation is 1. The molecule has 3 rings (SSSR count). The maximum atomic E-state index is 12.1. The first-order valence-corrected chi connectivity index (χ1v) is 7.64. The van der Waals surface area contributed by atoms with Gasteiger partial charge in [-0.25, -0.2) is 0 Å². The summed E-state index contributed by atoms with van der Waals surface area (Å²) in [6.07, 6.45) is 0.913. The van der Waals surface area contributed by atoms with Crippen LogP contribution in [0.25, 0.3) is 0 Å². The van der Waals surface area contributed by atoms with E-state index >= 15 is 0 Å². The summed E-state index contributed by atoms with van der Waals surface area (Å²) in [5.41, 5.74) is 5.11. The largest absolute Gasteiger partial charge is 0.485 e. The molecule has 0 radical (unpaired) electrons. The number of hydrogen-bond acceptors (Lipinski definition) is 4. The Morgan fingerprint density at radius 3 is 2.70 bits per heavy atom. The van der Waals surface area contributed by atoms with Crippen molar-refractivity contribution in [2.45, 2.75) is 6.10 Å². The van der Waals surface area contributed by atoms with Crippen LogP contribution in [0, 0.1) is 0 Å². The number of carbonyl (C=O) groups excluding carboxylic acids is 2. The van der Waals surface area contributed by atoms with Crippen molar-refractivity contribution in [1.82, 2.24) is 15.4 Å². The predicted molar refractivity (Wildman–Crippen MR) is 85.1 cm³/mol. The molecule has 23 heavy (non-hydrogen) atoms. The van der Waals surface area contributed by atoms with Gasteiger partial charge >= 0.3 is 0 Å². The normalized spacial score (nSPS) is 15.8. The number of hydrogen-bond donors (Lipinski definition) is 2. The SMILES string of the molecule is Cn1cc(Br)cc1C(=O)NNC(=O)C1COc2ccccc2O1. The smallest absolute Gasteiger partial charge is 0.286 e. The Hall–Kier alpha value is -2.48. The van der Waals surface area contributed by atoms with E-state index in [9.17, 15) is 9.59 Å². The molecule has 8 heteroatoms. The van der Waals surface area contributed by atoms with Crippen LogP contribution >= 0.6 is 15.9 Å².